The highest BCUT2D eigenvalue weighted by Gasteiger charge is 2.27. The van der Waals surface area contributed by atoms with E-state index in [0.717, 1.165) is 12.0 Å². The van der Waals surface area contributed by atoms with Crippen molar-refractivity contribution < 1.29 is 0 Å². The molecule has 1 heterocycles. The molecule has 0 amide bonds. The van der Waals surface area contributed by atoms with Gasteiger partial charge < -0.3 is 15.1 Å². The highest BCUT2D eigenvalue weighted by molar-refractivity contribution is 4.85. The fraction of sp³-hybridized carbons (Fsp3) is 1.00. The molecule has 0 spiro atoms. The minimum Gasteiger partial charge on any atom is -0.312 e. The Morgan fingerprint density at radius 3 is 2.55 bits per heavy atom. The molecule has 2 aliphatic rings. The number of nitrogens with zero attached hydrogens (tertiary/aromatic N) is 2. The lowest BCUT2D eigenvalue weighted by molar-refractivity contribution is 0.188. The molecule has 3 heteroatoms. The summed E-state index contributed by atoms with van der Waals surface area (Å²) < 4.78 is 0. The standard InChI is InChI=1S/C17H35N3/c1-4-11-18-17(15-8-5-6-9-15)14-19(2)13-16-10-7-12-20(16)3/h15-18H,4-14H2,1-3H3. The van der Waals surface area contributed by atoms with E-state index in [4.69, 9.17) is 0 Å². The Kier molecular flexibility index (Phi) is 6.79. The van der Waals surface area contributed by atoms with E-state index in [9.17, 15) is 0 Å². The van der Waals surface area contributed by atoms with Crippen LogP contribution < -0.4 is 5.32 Å². The first-order chi connectivity index (χ1) is 9.70. The van der Waals surface area contributed by atoms with Gasteiger partial charge in [0.05, 0.1) is 0 Å². The lowest BCUT2D eigenvalue weighted by atomic mass is 9.97. The van der Waals surface area contributed by atoms with Gasteiger partial charge in [-0.05, 0) is 65.2 Å². The van der Waals surface area contributed by atoms with Gasteiger partial charge >= 0.3 is 0 Å². The third kappa shape index (κ3) is 4.71. The zero-order chi connectivity index (χ0) is 14.4. The second kappa shape index (κ2) is 8.35. The molecule has 2 rings (SSSR count). The third-order valence-corrected chi connectivity index (χ3v) is 5.33. The lowest BCUT2D eigenvalue weighted by Crippen LogP contribution is -2.47. The molecule has 2 fully saturated rings. The van der Waals surface area contributed by atoms with Gasteiger partial charge in [0.1, 0.15) is 0 Å². The summed E-state index contributed by atoms with van der Waals surface area (Å²) in [7, 11) is 4.61. The van der Waals surface area contributed by atoms with Gasteiger partial charge in [-0.1, -0.05) is 19.8 Å². The fourth-order valence-corrected chi connectivity index (χ4v) is 4.05. The van der Waals surface area contributed by atoms with Gasteiger partial charge in [-0.15, -0.1) is 0 Å². The average Bonchev–Trinajstić information content (AvgIpc) is 3.07. The van der Waals surface area contributed by atoms with Gasteiger partial charge in [0.25, 0.3) is 0 Å². The minimum atomic E-state index is 0.717. The third-order valence-electron chi connectivity index (χ3n) is 5.33. The highest BCUT2D eigenvalue weighted by Crippen LogP contribution is 2.28. The molecule has 3 nitrogen and oxygen atoms in total. The van der Waals surface area contributed by atoms with Crippen molar-refractivity contribution in [1.82, 2.24) is 15.1 Å². The zero-order valence-electron chi connectivity index (χ0n) is 13.9. The minimum absolute atomic E-state index is 0.717. The van der Waals surface area contributed by atoms with Crippen molar-refractivity contribution in [3.05, 3.63) is 0 Å². The maximum Gasteiger partial charge on any atom is 0.0223 e. The Labute approximate surface area is 126 Å². The van der Waals surface area contributed by atoms with E-state index in [1.165, 1.54) is 71.1 Å². The molecule has 20 heavy (non-hydrogen) atoms. The van der Waals surface area contributed by atoms with Crippen LogP contribution in [0.2, 0.25) is 0 Å². The van der Waals surface area contributed by atoms with E-state index in [1.54, 1.807) is 0 Å². The fourth-order valence-electron chi connectivity index (χ4n) is 4.05. The Hall–Kier alpha value is -0.120. The highest BCUT2D eigenvalue weighted by atomic mass is 15.2. The van der Waals surface area contributed by atoms with Crippen LogP contribution in [-0.2, 0) is 0 Å². The monoisotopic (exact) mass is 281 g/mol. The van der Waals surface area contributed by atoms with Gasteiger partial charge in [-0.2, -0.15) is 0 Å². The largest absolute Gasteiger partial charge is 0.312 e. The Morgan fingerprint density at radius 2 is 1.95 bits per heavy atom. The van der Waals surface area contributed by atoms with Crippen LogP contribution in [0.25, 0.3) is 0 Å². The number of likely N-dealkylation sites (tertiary alicyclic amines) is 1. The number of likely N-dealkylation sites (N-methyl/N-ethyl adjacent to an activating group) is 2. The molecule has 1 saturated carbocycles. The summed E-state index contributed by atoms with van der Waals surface area (Å²) in [6, 6.07) is 1.50. The summed E-state index contributed by atoms with van der Waals surface area (Å²) in [6.07, 6.45) is 9.80. The lowest BCUT2D eigenvalue weighted by Gasteiger charge is -2.32. The molecule has 2 unspecified atom stereocenters. The quantitative estimate of drug-likeness (QED) is 0.738. The van der Waals surface area contributed by atoms with Gasteiger partial charge in [-0.25, -0.2) is 0 Å². The van der Waals surface area contributed by atoms with Crippen LogP contribution in [0.5, 0.6) is 0 Å². The van der Waals surface area contributed by atoms with Gasteiger partial charge in [0.2, 0.25) is 0 Å². The first-order valence-electron chi connectivity index (χ1n) is 8.83. The van der Waals surface area contributed by atoms with E-state index in [2.05, 4.69) is 36.1 Å². The first kappa shape index (κ1) is 16.3. The number of hydrogen-bond donors (Lipinski definition) is 1. The number of rotatable bonds is 8. The van der Waals surface area contributed by atoms with E-state index in [1.807, 2.05) is 0 Å². The van der Waals surface area contributed by atoms with E-state index in [0.29, 0.717) is 6.04 Å². The topological polar surface area (TPSA) is 18.5 Å². The Bertz CT molecular complexity index is 263. The second-order valence-corrected chi connectivity index (χ2v) is 7.10. The second-order valence-electron chi connectivity index (χ2n) is 7.10. The van der Waals surface area contributed by atoms with Crippen LogP contribution in [0.3, 0.4) is 0 Å². The molecule has 1 aliphatic heterocycles. The summed E-state index contributed by atoms with van der Waals surface area (Å²) in [4.78, 5) is 5.12. The predicted octanol–water partition coefficient (Wildman–Crippen LogP) is 2.57. The Balaban J connectivity index is 1.79. The van der Waals surface area contributed by atoms with E-state index >= 15 is 0 Å². The molecule has 2 atom stereocenters. The van der Waals surface area contributed by atoms with Gasteiger partial charge in [0, 0.05) is 25.2 Å². The van der Waals surface area contributed by atoms with E-state index in [-0.39, 0.29) is 0 Å². The number of nitrogens with one attached hydrogen (secondary N) is 1. The van der Waals surface area contributed by atoms with Crippen molar-refractivity contribution in [3.8, 4) is 0 Å². The van der Waals surface area contributed by atoms with Crippen molar-refractivity contribution in [3.63, 3.8) is 0 Å². The molecule has 1 aliphatic carbocycles. The molecular formula is C17H35N3. The van der Waals surface area contributed by atoms with Crippen molar-refractivity contribution in [1.29, 1.82) is 0 Å². The summed E-state index contributed by atoms with van der Waals surface area (Å²) in [5.74, 6) is 0.922. The summed E-state index contributed by atoms with van der Waals surface area (Å²) in [6.45, 7) is 7.22. The first-order valence-corrected chi connectivity index (χ1v) is 8.83. The maximum absolute atomic E-state index is 3.82. The van der Waals surface area contributed by atoms with Crippen LogP contribution in [0.15, 0.2) is 0 Å². The molecular weight excluding hydrogens is 246 g/mol. The summed E-state index contributed by atoms with van der Waals surface area (Å²) in [5, 5.41) is 3.82. The molecule has 0 radical (unpaired) electrons. The van der Waals surface area contributed by atoms with Crippen LogP contribution >= 0.6 is 0 Å². The van der Waals surface area contributed by atoms with Crippen LogP contribution in [0.1, 0.15) is 51.9 Å². The summed E-state index contributed by atoms with van der Waals surface area (Å²) in [5.41, 5.74) is 0. The molecule has 0 aromatic rings. The normalized spacial score (nSPS) is 26.7. The Morgan fingerprint density at radius 1 is 1.20 bits per heavy atom. The van der Waals surface area contributed by atoms with Gasteiger partial charge in [0.15, 0.2) is 0 Å². The maximum atomic E-state index is 3.82. The van der Waals surface area contributed by atoms with Crippen LogP contribution in [0.4, 0.5) is 0 Å². The van der Waals surface area contributed by atoms with Crippen molar-refractivity contribution in [2.75, 3.05) is 40.3 Å². The molecule has 1 N–H and O–H groups in total. The van der Waals surface area contributed by atoms with Crippen LogP contribution in [-0.4, -0.2) is 62.2 Å². The molecule has 0 bridgehead atoms. The number of hydrogen-bond acceptors (Lipinski definition) is 3. The van der Waals surface area contributed by atoms with Crippen molar-refractivity contribution >= 4 is 0 Å². The van der Waals surface area contributed by atoms with Crippen molar-refractivity contribution in [2.24, 2.45) is 5.92 Å². The molecule has 0 aromatic heterocycles. The zero-order valence-corrected chi connectivity index (χ0v) is 13.9. The van der Waals surface area contributed by atoms with Gasteiger partial charge in [-0.3, -0.25) is 0 Å². The van der Waals surface area contributed by atoms with Crippen LogP contribution in [0, 0.1) is 5.92 Å². The smallest absolute Gasteiger partial charge is 0.0223 e. The SMILES string of the molecule is CCCNC(CN(C)CC1CCCN1C)C1CCCC1. The van der Waals surface area contributed by atoms with Crippen molar-refractivity contribution in [2.45, 2.75) is 64.0 Å². The predicted molar refractivity (Wildman–Crippen MR) is 87.2 cm³/mol. The molecule has 0 aromatic carbocycles. The molecule has 118 valence electrons. The molecule has 1 saturated heterocycles. The van der Waals surface area contributed by atoms with E-state index < -0.39 is 0 Å². The average molecular weight is 281 g/mol. The summed E-state index contributed by atoms with van der Waals surface area (Å²) >= 11 is 0.